The van der Waals surface area contributed by atoms with Gasteiger partial charge in [-0.25, -0.2) is 0 Å². The van der Waals surface area contributed by atoms with Crippen molar-refractivity contribution in [3.05, 3.63) is 70.2 Å². The molecule has 2 aromatic rings. The van der Waals surface area contributed by atoms with E-state index < -0.39 is 5.91 Å². The zero-order valence-electron chi connectivity index (χ0n) is 11.3. The second-order valence-corrected chi connectivity index (χ2v) is 5.16. The molecule has 2 aromatic carbocycles. The summed E-state index contributed by atoms with van der Waals surface area (Å²) in [6.07, 6.45) is 0. The fourth-order valence-electron chi connectivity index (χ4n) is 1.95. The molecule has 0 aliphatic rings. The van der Waals surface area contributed by atoms with Gasteiger partial charge in [-0.15, -0.1) is 0 Å². The molecule has 0 saturated heterocycles. The normalized spacial score (nSPS) is 12.1. The fourth-order valence-corrected chi connectivity index (χ4v) is 2.15. The van der Waals surface area contributed by atoms with Crippen molar-refractivity contribution in [2.45, 2.75) is 19.5 Å². The van der Waals surface area contributed by atoms with Crippen LogP contribution in [0.3, 0.4) is 0 Å². The second-order valence-electron chi connectivity index (χ2n) is 4.72. The van der Waals surface area contributed by atoms with Crippen molar-refractivity contribution in [3.63, 3.8) is 0 Å². The lowest BCUT2D eigenvalue weighted by Gasteiger charge is -2.14. The third kappa shape index (κ3) is 3.83. The highest BCUT2D eigenvalue weighted by Gasteiger charge is 2.06. The summed E-state index contributed by atoms with van der Waals surface area (Å²) >= 11 is 5.98. The Morgan fingerprint density at radius 2 is 1.95 bits per heavy atom. The maximum absolute atomic E-state index is 11.0. The number of primary amides is 1. The van der Waals surface area contributed by atoms with E-state index in [-0.39, 0.29) is 6.04 Å². The minimum absolute atomic E-state index is 0.199. The first kappa shape index (κ1) is 14.6. The van der Waals surface area contributed by atoms with Crippen molar-refractivity contribution in [1.82, 2.24) is 5.32 Å². The Morgan fingerprint density at radius 3 is 2.55 bits per heavy atom. The Kier molecular flexibility index (Phi) is 4.77. The van der Waals surface area contributed by atoms with Crippen LogP contribution in [0.25, 0.3) is 0 Å². The average Bonchev–Trinajstić information content (AvgIpc) is 2.45. The topological polar surface area (TPSA) is 55.1 Å². The number of amides is 1. The molecule has 0 aliphatic heterocycles. The number of nitrogens with two attached hydrogens (primary N) is 1. The molecule has 0 unspecified atom stereocenters. The molecule has 20 heavy (non-hydrogen) atoms. The van der Waals surface area contributed by atoms with Gasteiger partial charge in [0, 0.05) is 23.2 Å². The molecule has 0 radical (unpaired) electrons. The second kappa shape index (κ2) is 6.55. The minimum Gasteiger partial charge on any atom is -0.366 e. The van der Waals surface area contributed by atoms with Crippen LogP contribution in [0.4, 0.5) is 0 Å². The van der Waals surface area contributed by atoms with E-state index in [2.05, 4.69) is 12.2 Å². The van der Waals surface area contributed by atoms with E-state index >= 15 is 0 Å². The third-order valence-electron chi connectivity index (χ3n) is 3.20. The number of hydrogen-bond donors (Lipinski definition) is 2. The maximum Gasteiger partial charge on any atom is 0.248 e. The molecule has 0 aromatic heterocycles. The van der Waals surface area contributed by atoms with Crippen molar-refractivity contribution in [3.8, 4) is 0 Å². The van der Waals surface area contributed by atoms with Gasteiger partial charge in [0.25, 0.3) is 0 Å². The quantitative estimate of drug-likeness (QED) is 0.887. The molecular formula is C16H17ClN2O. The monoisotopic (exact) mass is 288 g/mol. The van der Waals surface area contributed by atoms with E-state index in [1.165, 1.54) is 0 Å². The molecule has 1 atom stereocenters. The first-order valence-corrected chi connectivity index (χ1v) is 6.81. The average molecular weight is 289 g/mol. The van der Waals surface area contributed by atoms with Gasteiger partial charge < -0.3 is 11.1 Å². The molecule has 0 bridgehead atoms. The molecule has 3 nitrogen and oxygen atoms in total. The molecule has 0 saturated carbocycles. The molecule has 0 aliphatic carbocycles. The first-order chi connectivity index (χ1) is 9.56. The number of benzene rings is 2. The maximum atomic E-state index is 11.0. The Bertz CT molecular complexity index is 596. The van der Waals surface area contributed by atoms with Crippen LogP contribution < -0.4 is 11.1 Å². The number of rotatable bonds is 5. The number of hydrogen-bond acceptors (Lipinski definition) is 2. The molecule has 3 N–H and O–H groups in total. The minimum atomic E-state index is -0.406. The first-order valence-electron chi connectivity index (χ1n) is 6.44. The van der Waals surface area contributed by atoms with Crippen LogP contribution in [0.15, 0.2) is 48.5 Å². The standard InChI is InChI=1S/C16H17ClN2O/c1-11(14-3-2-4-15(17)9-14)19-10-12-5-7-13(8-6-12)16(18)20/h2-9,11,19H,10H2,1H3,(H2,18,20)/t11-/m0/s1. The predicted molar refractivity (Wildman–Crippen MR) is 81.7 cm³/mol. The van der Waals surface area contributed by atoms with Crippen LogP contribution in [0, 0.1) is 0 Å². The van der Waals surface area contributed by atoms with Crippen LogP contribution in [-0.2, 0) is 6.54 Å². The van der Waals surface area contributed by atoms with E-state index in [0.717, 1.165) is 16.1 Å². The Morgan fingerprint density at radius 1 is 1.25 bits per heavy atom. The molecule has 104 valence electrons. The van der Waals surface area contributed by atoms with Crippen LogP contribution in [0.2, 0.25) is 5.02 Å². The van der Waals surface area contributed by atoms with Crippen LogP contribution in [-0.4, -0.2) is 5.91 Å². The van der Waals surface area contributed by atoms with Gasteiger partial charge >= 0.3 is 0 Å². The zero-order chi connectivity index (χ0) is 14.5. The van der Waals surface area contributed by atoms with Gasteiger partial charge in [-0.1, -0.05) is 35.9 Å². The largest absolute Gasteiger partial charge is 0.366 e. The van der Waals surface area contributed by atoms with Crippen LogP contribution in [0.5, 0.6) is 0 Å². The molecule has 4 heteroatoms. The lowest BCUT2D eigenvalue weighted by molar-refractivity contribution is 0.100. The lowest BCUT2D eigenvalue weighted by Crippen LogP contribution is -2.18. The van der Waals surface area contributed by atoms with Gasteiger partial charge in [0.1, 0.15) is 0 Å². The molecule has 0 fully saturated rings. The van der Waals surface area contributed by atoms with Gasteiger partial charge in [-0.3, -0.25) is 4.79 Å². The summed E-state index contributed by atoms with van der Waals surface area (Å²) in [5.41, 5.74) is 7.98. The highest BCUT2D eigenvalue weighted by Crippen LogP contribution is 2.17. The van der Waals surface area contributed by atoms with Crippen molar-refractivity contribution in [2.24, 2.45) is 5.73 Å². The van der Waals surface area contributed by atoms with Crippen molar-refractivity contribution >= 4 is 17.5 Å². The highest BCUT2D eigenvalue weighted by atomic mass is 35.5. The Labute approximate surface area is 123 Å². The predicted octanol–water partition coefficient (Wildman–Crippen LogP) is 3.29. The smallest absolute Gasteiger partial charge is 0.248 e. The van der Waals surface area contributed by atoms with Gasteiger partial charge in [-0.2, -0.15) is 0 Å². The van der Waals surface area contributed by atoms with Crippen LogP contribution in [0.1, 0.15) is 34.5 Å². The van der Waals surface area contributed by atoms with E-state index in [1.807, 2.05) is 36.4 Å². The van der Waals surface area contributed by atoms with Crippen molar-refractivity contribution < 1.29 is 4.79 Å². The lowest BCUT2D eigenvalue weighted by atomic mass is 10.1. The molecule has 1 amide bonds. The summed E-state index contributed by atoms with van der Waals surface area (Å²) in [4.78, 5) is 11.0. The zero-order valence-corrected chi connectivity index (χ0v) is 12.0. The van der Waals surface area contributed by atoms with Gasteiger partial charge in [-0.05, 0) is 42.3 Å². The number of carbonyl (C=O) groups is 1. The fraction of sp³-hybridized carbons (Fsp3) is 0.188. The third-order valence-corrected chi connectivity index (χ3v) is 3.43. The summed E-state index contributed by atoms with van der Waals surface area (Å²) in [5, 5.41) is 4.15. The summed E-state index contributed by atoms with van der Waals surface area (Å²) in [6.45, 7) is 2.80. The summed E-state index contributed by atoms with van der Waals surface area (Å²) < 4.78 is 0. The van der Waals surface area contributed by atoms with E-state index in [4.69, 9.17) is 17.3 Å². The van der Waals surface area contributed by atoms with Crippen LogP contribution >= 0.6 is 11.6 Å². The Balaban J connectivity index is 1.96. The van der Waals surface area contributed by atoms with Gasteiger partial charge in [0.2, 0.25) is 5.91 Å². The molecule has 2 rings (SSSR count). The van der Waals surface area contributed by atoms with Crippen molar-refractivity contribution in [2.75, 3.05) is 0 Å². The Hall–Kier alpha value is -1.84. The van der Waals surface area contributed by atoms with Gasteiger partial charge in [0.05, 0.1) is 0 Å². The molecule has 0 spiro atoms. The van der Waals surface area contributed by atoms with Crippen molar-refractivity contribution in [1.29, 1.82) is 0 Å². The number of halogens is 1. The summed E-state index contributed by atoms with van der Waals surface area (Å²) in [6, 6.07) is 15.3. The van der Waals surface area contributed by atoms with E-state index in [9.17, 15) is 4.79 Å². The number of carbonyl (C=O) groups excluding carboxylic acids is 1. The summed E-state index contributed by atoms with van der Waals surface area (Å²) in [5.74, 6) is -0.406. The van der Waals surface area contributed by atoms with Gasteiger partial charge in [0.15, 0.2) is 0 Å². The highest BCUT2D eigenvalue weighted by molar-refractivity contribution is 6.30. The SMILES string of the molecule is C[C@H](NCc1ccc(C(N)=O)cc1)c1cccc(Cl)c1. The summed E-state index contributed by atoms with van der Waals surface area (Å²) in [7, 11) is 0. The van der Waals surface area contributed by atoms with E-state index in [0.29, 0.717) is 12.1 Å². The molecule has 0 heterocycles. The number of nitrogens with one attached hydrogen (secondary N) is 1. The van der Waals surface area contributed by atoms with E-state index in [1.54, 1.807) is 12.1 Å². The molecular weight excluding hydrogens is 272 g/mol.